The zero-order chi connectivity index (χ0) is 12.3. The topological polar surface area (TPSA) is 46.3 Å². The Bertz CT molecular complexity index is 415. The molecule has 1 saturated heterocycles. The highest BCUT2D eigenvalue weighted by Crippen LogP contribution is 2.28. The molecule has 0 bridgehead atoms. The van der Waals surface area contributed by atoms with E-state index in [1.165, 1.54) is 11.3 Å². The molecule has 2 rings (SSSR count). The first-order valence-corrected chi connectivity index (χ1v) is 8.07. The molecule has 0 radical (unpaired) electrons. The van der Waals surface area contributed by atoms with Crippen molar-refractivity contribution in [1.82, 2.24) is 0 Å². The normalized spacial score (nSPS) is 17.4. The molecule has 2 N–H and O–H groups in total. The summed E-state index contributed by atoms with van der Waals surface area (Å²) in [4.78, 5) is 2.29. The van der Waals surface area contributed by atoms with Gasteiger partial charge in [0.05, 0.1) is 5.69 Å². The van der Waals surface area contributed by atoms with Crippen molar-refractivity contribution in [3.8, 4) is 0 Å². The van der Waals surface area contributed by atoms with Crippen LogP contribution in [-0.2, 0) is 17.2 Å². The third kappa shape index (κ3) is 3.30. The third-order valence-electron chi connectivity index (χ3n) is 2.96. The summed E-state index contributed by atoms with van der Waals surface area (Å²) in [5.74, 6) is 1.55. The molecule has 1 heterocycles. The minimum atomic E-state index is -0.622. The molecule has 5 heteroatoms. The highest BCUT2D eigenvalue weighted by atomic mass is 79.9. The quantitative estimate of drug-likeness (QED) is 0.919. The molecule has 1 aliphatic rings. The average molecular weight is 317 g/mol. The second-order valence-corrected chi connectivity index (χ2v) is 6.71. The predicted octanol–water partition coefficient (Wildman–Crippen LogP) is 1.52. The number of hydrogen-bond acceptors (Lipinski definition) is 3. The molecule has 0 aliphatic carbocycles. The number of nitrogens with zero attached hydrogens (tertiary/aromatic N) is 1. The second kappa shape index (κ2) is 5.98. The van der Waals surface area contributed by atoms with Crippen molar-refractivity contribution in [2.45, 2.75) is 6.42 Å². The summed E-state index contributed by atoms with van der Waals surface area (Å²) in [6.07, 6.45) is 0.906. The lowest BCUT2D eigenvalue weighted by Gasteiger charge is -2.29. The van der Waals surface area contributed by atoms with E-state index in [1.807, 2.05) is 0 Å². The van der Waals surface area contributed by atoms with Crippen molar-refractivity contribution in [1.29, 1.82) is 0 Å². The first-order chi connectivity index (χ1) is 8.20. The van der Waals surface area contributed by atoms with E-state index >= 15 is 0 Å². The lowest BCUT2D eigenvalue weighted by atomic mass is 10.1. The minimum Gasteiger partial charge on any atom is -0.369 e. The Kier molecular flexibility index (Phi) is 4.59. The van der Waals surface area contributed by atoms with Crippen molar-refractivity contribution in [3.05, 3.63) is 28.2 Å². The largest absolute Gasteiger partial charge is 0.369 e. The van der Waals surface area contributed by atoms with E-state index in [2.05, 4.69) is 39.0 Å². The zero-order valence-electron chi connectivity index (χ0n) is 9.69. The van der Waals surface area contributed by atoms with E-state index in [0.29, 0.717) is 6.54 Å². The monoisotopic (exact) mass is 316 g/mol. The maximum absolute atomic E-state index is 11.3. The van der Waals surface area contributed by atoms with Gasteiger partial charge in [-0.15, -0.1) is 0 Å². The molecular formula is C12H17BrN2OS. The zero-order valence-corrected chi connectivity index (χ0v) is 12.1. The maximum Gasteiger partial charge on any atom is 0.0511 e. The first kappa shape index (κ1) is 13.1. The Balaban J connectivity index is 2.13. The number of halogens is 1. The summed E-state index contributed by atoms with van der Waals surface area (Å²) in [6, 6.07) is 6.38. The number of rotatable bonds is 3. The van der Waals surface area contributed by atoms with Crippen LogP contribution in [0.25, 0.3) is 0 Å². The number of anilines is 1. The van der Waals surface area contributed by atoms with Gasteiger partial charge in [0.2, 0.25) is 0 Å². The first-order valence-electron chi connectivity index (χ1n) is 5.79. The van der Waals surface area contributed by atoms with Gasteiger partial charge in [-0.3, -0.25) is 4.21 Å². The van der Waals surface area contributed by atoms with Gasteiger partial charge in [-0.25, -0.2) is 0 Å². The van der Waals surface area contributed by atoms with Crippen LogP contribution in [0, 0.1) is 0 Å². The molecular weight excluding hydrogens is 300 g/mol. The Labute approximate surface area is 113 Å². The van der Waals surface area contributed by atoms with Gasteiger partial charge >= 0.3 is 0 Å². The van der Waals surface area contributed by atoms with Crippen LogP contribution in [0.15, 0.2) is 22.7 Å². The Hall–Kier alpha value is -0.390. The molecule has 1 aromatic rings. The second-order valence-electron chi connectivity index (χ2n) is 4.16. The van der Waals surface area contributed by atoms with Gasteiger partial charge in [0.15, 0.2) is 0 Å². The fraction of sp³-hybridized carbons (Fsp3) is 0.500. The van der Waals surface area contributed by atoms with Crippen LogP contribution in [0.5, 0.6) is 0 Å². The summed E-state index contributed by atoms with van der Waals surface area (Å²) in [6.45, 7) is 2.43. The van der Waals surface area contributed by atoms with Crippen LogP contribution in [0.2, 0.25) is 0 Å². The lowest BCUT2D eigenvalue weighted by molar-refractivity contribution is 0.673. The molecule has 0 aromatic heterocycles. The standard InChI is InChI=1S/C12H17BrN2OS/c13-11-9-10(3-4-14)1-2-12(11)15-5-7-17(16)8-6-15/h1-2,9H,3-8,14H2. The molecule has 17 heavy (non-hydrogen) atoms. The Morgan fingerprint density at radius 3 is 2.65 bits per heavy atom. The van der Waals surface area contributed by atoms with Gasteiger partial charge in [-0.2, -0.15) is 0 Å². The maximum atomic E-state index is 11.3. The van der Waals surface area contributed by atoms with Crippen molar-refractivity contribution >= 4 is 32.4 Å². The highest BCUT2D eigenvalue weighted by molar-refractivity contribution is 9.10. The van der Waals surface area contributed by atoms with Crippen LogP contribution < -0.4 is 10.6 Å². The molecule has 0 atom stereocenters. The minimum absolute atomic E-state index is 0.622. The van der Waals surface area contributed by atoms with Gasteiger partial charge < -0.3 is 10.6 Å². The SMILES string of the molecule is NCCc1ccc(N2CCS(=O)CC2)c(Br)c1. The number of nitrogens with two attached hydrogens (primary N) is 1. The Morgan fingerprint density at radius 1 is 1.35 bits per heavy atom. The molecule has 0 saturated carbocycles. The lowest BCUT2D eigenvalue weighted by Crippen LogP contribution is -2.37. The van der Waals surface area contributed by atoms with Crippen molar-refractivity contribution in [2.24, 2.45) is 5.73 Å². The highest BCUT2D eigenvalue weighted by Gasteiger charge is 2.17. The molecule has 0 unspecified atom stereocenters. The van der Waals surface area contributed by atoms with E-state index in [1.54, 1.807) is 0 Å². The molecule has 3 nitrogen and oxygen atoms in total. The smallest absolute Gasteiger partial charge is 0.0511 e. The van der Waals surface area contributed by atoms with E-state index in [4.69, 9.17) is 5.73 Å². The van der Waals surface area contributed by atoms with Crippen molar-refractivity contribution in [3.63, 3.8) is 0 Å². The van der Waals surface area contributed by atoms with Gasteiger partial charge in [-0.1, -0.05) is 6.07 Å². The van der Waals surface area contributed by atoms with Gasteiger partial charge in [0.25, 0.3) is 0 Å². The third-order valence-corrected chi connectivity index (χ3v) is 4.87. The van der Waals surface area contributed by atoms with Crippen LogP contribution in [0.1, 0.15) is 5.56 Å². The molecule has 0 spiro atoms. The summed E-state index contributed by atoms with van der Waals surface area (Å²) in [5, 5.41) is 0. The molecule has 1 fully saturated rings. The number of benzene rings is 1. The summed E-state index contributed by atoms with van der Waals surface area (Å²) >= 11 is 3.61. The average Bonchev–Trinajstić information content (AvgIpc) is 2.31. The van der Waals surface area contributed by atoms with E-state index in [9.17, 15) is 4.21 Å². The molecule has 1 aromatic carbocycles. The van der Waals surface area contributed by atoms with Crippen LogP contribution in [0.4, 0.5) is 5.69 Å². The van der Waals surface area contributed by atoms with Crippen LogP contribution in [0.3, 0.4) is 0 Å². The summed E-state index contributed by atoms with van der Waals surface area (Å²) in [7, 11) is -0.622. The molecule has 94 valence electrons. The van der Waals surface area contributed by atoms with Crippen LogP contribution in [-0.4, -0.2) is 35.3 Å². The van der Waals surface area contributed by atoms with Gasteiger partial charge in [-0.05, 0) is 46.6 Å². The molecule has 1 aliphatic heterocycles. The Morgan fingerprint density at radius 2 is 2.06 bits per heavy atom. The van der Waals surface area contributed by atoms with Gasteiger partial charge in [0, 0.05) is 39.9 Å². The van der Waals surface area contributed by atoms with Crippen molar-refractivity contribution < 1.29 is 4.21 Å². The fourth-order valence-electron chi connectivity index (χ4n) is 2.01. The van der Waals surface area contributed by atoms with E-state index in [-0.39, 0.29) is 0 Å². The van der Waals surface area contributed by atoms with E-state index in [0.717, 1.165) is 35.5 Å². The fourth-order valence-corrected chi connectivity index (χ4v) is 3.74. The number of hydrogen-bond donors (Lipinski definition) is 1. The summed E-state index contributed by atoms with van der Waals surface area (Å²) in [5.41, 5.74) is 8.00. The van der Waals surface area contributed by atoms with Crippen LogP contribution >= 0.6 is 15.9 Å². The summed E-state index contributed by atoms with van der Waals surface area (Å²) < 4.78 is 12.4. The van der Waals surface area contributed by atoms with Crippen molar-refractivity contribution in [2.75, 3.05) is 36.0 Å². The predicted molar refractivity (Wildman–Crippen MR) is 77.0 cm³/mol. The molecule has 0 amide bonds. The van der Waals surface area contributed by atoms with E-state index < -0.39 is 10.8 Å². The van der Waals surface area contributed by atoms with Gasteiger partial charge in [0.1, 0.15) is 0 Å².